The highest BCUT2D eigenvalue weighted by molar-refractivity contribution is 7.54. The summed E-state index contributed by atoms with van der Waals surface area (Å²) in [6.07, 6.45) is 0.263. The molecule has 0 fully saturated rings. The molecule has 0 unspecified atom stereocenters. The molecule has 0 bridgehead atoms. The first-order valence-electron chi connectivity index (χ1n) is 8.11. The molecule has 0 spiro atoms. The zero-order valence-electron chi connectivity index (χ0n) is 14.6. The summed E-state index contributed by atoms with van der Waals surface area (Å²) in [4.78, 5) is 12.7. The van der Waals surface area contributed by atoms with Crippen LogP contribution in [-0.4, -0.2) is 32.2 Å². The van der Waals surface area contributed by atoms with E-state index in [2.05, 4.69) is 5.32 Å². The van der Waals surface area contributed by atoms with Crippen molar-refractivity contribution in [1.82, 2.24) is 5.32 Å². The lowest BCUT2D eigenvalue weighted by Crippen LogP contribution is -2.40. The van der Waals surface area contributed by atoms with Gasteiger partial charge >= 0.3 is 7.60 Å². The Bertz CT molecular complexity index is 698. The number of rotatable bonds is 10. The second kappa shape index (κ2) is 9.64. The first-order chi connectivity index (χ1) is 12.1. The Morgan fingerprint density at radius 2 is 1.48 bits per heavy atom. The van der Waals surface area contributed by atoms with Crippen molar-refractivity contribution in [1.29, 1.82) is 0 Å². The van der Waals surface area contributed by atoms with E-state index >= 15 is 0 Å². The van der Waals surface area contributed by atoms with Gasteiger partial charge in [0, 0.05) is 20.8 Å². The van der Waals surface area contributed by atoms with Gasteiger partial charge in [-0.25, -0.2) is 0 Å². The number of hydrogen-bond donors (Lipinski definition) is 1. The zero-order chi connectivity index (χ0) is 18.1. The summed E-state index contributed by atoms with van der Waals surface area (Å²) >= 11 is 0. The lowest BCUT2D eigenvalue weighted by molar-refractivity contribution is -0.118. The van der Waals surface area contributed by atoms with Crippen LogP contribution in [0.25, 0.3) is 0 Å². The zero-order valence-corrected chi connectivity index (χ0v) is 15.4. The fraction of sp³-hybridized carbons (Fsp3) is 0.316. The Hall–Kier alpha value is -1.78. The van der Waals surface area contributed by atoms with E-state index in [-0.39, 0.29) is 11.9 Å². The third-order valence-corrected chi connectivity index (χ3v) is 5.78. The normalized spacial score (nSPS) is 12.7. The van der Waals surface area contributed by atoms with Gasteiger partial charge in [0.05, 0.1) is 6.04 Å². The summed E-state index contributed by atoms with van der Waals surface area (Å²) in [5.41, 5.74) is 2.11. The van der Waals surface area contributed by atoms with E-state index in [1.54, 1.807) is 0 Å². The molecule has 0 saturated heterocycles. The molecular formula is C19H24NO4P. The lowest BCUT2D eigenvalue weighted by atomic mass is 10.0. The van der Waals surface area contributed by atoms with Gasteiger partial charge in [-0.2, -0.15) is 0 Å². The maximum absolute atomic E-state index is 12.7. The van der Waals surface area contributed by atoms with Crippen molar-refractivity contribution in [3.63, 3.8) is 0 Å². The fourth-order valence-electron chi connectivity index (χ4n) is 2.49. The lowest BCUT2D eigenvalue weighted by Gasteiger charge is -2.20. The number of carbonyl (C=O) groups excluding carboxylic acids is 1. The van der Waals surface area contributed by atoms with Crippen LogP contribution in [-0.2, 0) is 31.4 Å². The number of hydrogen-bond acceptors (Lipinski definition) is 5. The molecule has 6 heteroatoms. The second-order valence-electron chi connectivity index (χ2n) is 5.71. The molecule has 2 aromatic rings. The molecule has 1 atom stereocenters. The highest BCUT2D eigenvalue weighted by Crippen LogP contribution is 2.46. The highest BCUT2D eigenvalue weighted by atomic mass is 31.2. The Kier molecular flexibility index (Phi) is 7.53. The fourth-order valence-corrected chi connectivity index (χ4v) is 3.50. The molecule has 0 aromatic heterocycles. The third-order valence-electron chi connectivity index (χ3n) is 3.97. The van der Waals surface area contributed by atoms with Crippen LogP contribution >= 0.6 is 7.60 Å². The quantitative estimate of drug-likeness (QED) is 0.657. The van der Waals surface area contributed by atoms with Gasteiger partial charge in [-0.1, -0.05) is 60.7 Å². The van der Waals surface area contributed by atoms with Crippen LogP contribution in [0.5, 0.6) is 0 Å². The Balaban J connectivity index is 2.10. The van der Waals surface area contributed by atoms with Crippen LogP contribution in [0, 0.1) is 0 Å². The minimum atomic E-state index is -3.38. The topological polar surface area (TPSA) is 64.6 Å². The van der Waals surface area contributed by atoms with E-state index in [0.29, 0.717) is 13.0 Å². The summed E-state index contributed by atoms with van der Waals surface area (Å²) in [5, 5.41) is 3.27. The molecule has 0 aliphatic rings. The van der Waals surface area contributed by atoms with Gasteiger partial charge in [-0.3, -0.25) is 9.36 Å². The molecule has 2 aromatic carbocycles. The van der Waals surface area contributed by atoms with E-state index < -0.39 is 13.6 Å². The number of carbonyl (C=O) groups is 1. The van der Waals surface area contributed by atoms with Gasteiger partial charge in [0.25, 0.3) is 0 Å². The molecule has 0 aliphatic carbocycles. The Morgan fingerprint density at radius 1 is 0.960 bits per heavy atom. The van der Waals surface area contributed by atoms with Gasteiger partial charge < -0.3 is 14.4 Å². The van der Waals surface area contributed by atoms with Crippen molar-refractivity contribution in [2.75, 3.05) is 20.4 Å². The Labute approximate surface area is 148 Å². The maximum atomic E-state index is 12.7. The van der Waals surface area contributed by atoms with Crippen LogP contribution in [0.1, 0.15) is 11.1 Å². The standard InChI is InChI=1S/C19H24NO4P/c1-23-25(22,24-2)15-19(21)18(13-16-9-5-3-6-10-16)20-14-17-11-7-4-8-12-17/h3-12,18,20H,13-15H2,1-2H3/t18-/m0/s1. The van der Waals surface area contributed by atoms with Crippen LogP contribution < -0.4 is 5.32 Å². The van der Waals surface area contributed by atoms with E-state index in [4.69, 9.17) is 9.05 Å². The number of nitrogens with one attached hydrogen (secondary N) is 1. The third kappa shape index (κ3) is 6.22. The summed E-state index contributed by atoms with van der Waals surface area (Å²) in [5.74, 6) is -0.188. The number of ketones is 1. The molecule has 134 valence electrons. The van der Waals surface area contributed by atoms with Crippen molar-refractivity contribution in [2.24, 2.45) is 0 Å². The van der Waals surface area contributed by atoms with Crippen molar-refractivity contribution < 1.29 is 18.4 Å². The van der Waals surface area contributed by atoms with Gasteiger partial charge in [-0.05, 0) is 17.5 Å². The van der Waals surface area contributed by atoms with Crippen LogP contribution in [0.4, 0.5) is 0 Å². The molecule has 25 heavy (non-hydrogen) atoms. The molecular weight excluding hydrogens is 337 g/mol. The van der Waals surface area contributed by atoms with Crippen molar-refractivity contribution in [3.05, 3.63) is 71.8 Å². The summed E-state index contributed by atoms with van der Waals surface area (Å²) < 4.78 is 22.1. The predicted molar refractivity (Wildman–Crippen MR) is 98.7 cm³/mol. The van der Waals surface area contributed by atoms with E-state index in [9.17, 15) is 9.36 Å². The van der Waals surface area contributed by atoms with Crippen molar-refractivity contribution in [2.45, 2.75) is 19.0 Å². The van der Waals surface area contributed by atoms with Gasteiger partial charge in [-0.15, -0.1) is 0 Å². The molecule has 0 radical (unpaired) electrons. The van der Waals surface area contributed by atoms with Crippen LogP contribution in [0.15, 0.2) is 60.7 Å². The summed E-state index contributed by atoms with van der Waals surface area (Å²) in [6.45, 7) is 0.550. The minimum absolute atomic E-state index is 0.188. The number of Topliss-reactive ketones (excluding diaryl/α,β-unsaturated/α-hetero) is 1. The van der Waals surface area contributed by atoms with Gasteiger partial charge in [0.2, 0.25) is 0 Å². The molecule has 0 heterocycles. The van der Waals surface area contributed by atoms with Crippen LogP contribution in [0.3, 0.4) is 0 Å². The minimum Gasteiger partial charge on any atom is -0.312 e. The molecule has 2 rings (SSSR count). The summed E-state index contributed by atoms with van der Waals surface area (Å²) in [7, 11) is -0.795. The highest BCUT2D eigenvalue weighted by Gasteiger charge is 2.30. The van der Waals surface area contributed by atoms with E-state index in [1.165, 1.54) is 14.2 Å². The second-order valence-corrected chi connectivity index (χ2v) is 7.98. The molecule has 1 N–H and O–H groups in total. The number of benzene rings is 2. The first kappa shape index (κ1) is 19.5. The van der Waals surface area contributed by atoms with Crippen molar-refractivity contribution >= 4 is 13.4 Å². The average Bonchev–Trinajstić information content (AvgIpc) is 2.66. The van der Waals surface area contributed by atoms with Gasteiger partial charge in [0.1, 0.15) is 6.16 Å². The Morgan fingerprint density at radius 3 is 2.00 bits per heavy atom. The largest absolute Gasteiger partial charge is 0.337 e. The monoisotopic (exact) mass is 361 g/mol. The van der Waals surface area contributed by atoms with Gasteiger partial charge in [0.15, 0.2) is 5.78 Å². The average molecular weight is 361 g/mol. The molecule has 0 saturated carbocycles. The predicted octanol–water partition coefficient (Wildman–Crippen LogP) is 3.44. The summed E-state index contributed by atoms with van der Waals surface area (Å²) in [6, 6.07) is 19.1. The molecule has 0 aliphatic heterocycles. The molecule has 0 amide bonds. The van der Waals surface area contributed by atoms with Crippen molar-refractivity contribution in [3.8, 4) is 0 Å². The van der Waals surface area contributed by atoms with E-state index in [0.717, 1.165) is 11.1 Å². The van der Waals surface area contributed by atoms with E-state index in [1.807, 2.05) is 60.7 Å². The first-order valence-corrected chi connectivity index (χ1v) is 9.83. The van der Waals surface area contributed by atoms with Crippen LogP contribution in [0.2, 0.25) is 0 Å². The smallest absolute Gasteiger partial charge is 0.312 e. The molecule has 5 nitrogen and oxygen atoms in total. The SMILES string of the molecule is COP(=O)(CC(=O)[C@H](Cc1ccccc1)NCc1ccccc1)OC. The maximum Gasteiger partial charge on any atom is 0.337 e.